The summed E-state index contributed by atoms with van der Waals surface area (Å²) in [6.45, 7) is 9.26. The normalized spacial score (nSPS) is 11.2. The molecule has 0 spiro atoms. The molecule has 0 bridgehead atoms. The molecule has 60 heavy (non-hydrogen) atoms. The summed E-state index contributed by atoms with van der Waals surface area (Å²) in [5.41, 5.74) is 5.45. The van der Waals surface area contributed by atoms with Crippen LogP contribution in [-0.4, -0.2) is 74.9 Å². The number of hydrogen-bond acceptors (Lipinski definition) is 14. The highest BCUT2D eigenvalue weighted by molar-refractivity contribution is 7.94. The first-order valence-corrected chi connectivity index (χ1v) is 21.2. The minimum Gasteiger partial charge on any atom is -0.370 e. The molecule has 0 aromatic heterocycles. The number of anilines is 2. The Bertz CT molecular complexity index is 1770. The van der Waals surface area contributed by atoms with Gasteiger partial charge in [0.1, 0.15) is 0 Å². The van der Waals surface area contributed by atoms with Crippen LogP contribution in [0.1, 0.15) is 50.7 Å². The number of amides is 4. The van der Waals surface area contributed by atoms with Crippen molar-refractivity contribution in [3.05, 3.63) is 108 Å². The van der Waals surface area contributed by atoms with Crippen LogP contribution in [0.25, 0.3) is 12.2 Å². The van der Waals surface area contributed by atoms with Crippen LogP contribution in [0.15, 0.2) is 117 Å². The number of nitrogens with zero attached hydrogens (tertiary/aromatic N) is 4. The summed E-state index contributed by atoms with van der Waals surface area (Å²) in [5.74, 6) is 0. The maximum absolute atomic E-state index is 12.4. The zero-order chi connectivity index (χ0) is 42.6. The number of carbonyl (C=O) groups excluding carboxylic acids is 2. The molecule has 0 unspecified atom stereocenters. The maximum Gasteiger partial charge on any atom is 0.314 e. The summed E-state index contributed by atoms with van der Waals surface area (Å²) < 4.78 is 8.96. The minimum absolute atomic E-state index is 0.176. The lowest BCUT2D eigenvalue weighted by Crippen LogP contribution is -2.41. The summed E-state index contributed by atoms with van der Waals surface area (Å²) >= 11 is 1.78. The average molecular weight is 863 g/mol. The van der Waals surface area contributed by atoms with Gasteiger partial charge in [0.25, 0.3) is 0 Å². The van der Waals surface area contributed by atoms with Gasteiger partial charge in [-0.2, -0.15) is 10.2 Å². The van der Waals surface area contributed by atoms with Gasteiger partial charge in [-0.25, -0.2) is 20.1 Å². The van der Waals surface area contributed by atoms with Crippen molar-refractivity contribution in [1.29, 1.82) is 0 Å². The highest BCUT2D eigenvalue weighted by Gasteiger charge is 2.08. The van der Waals surface area contributed by atoms with Crippen molar-refractivity contribution in [2.45, 2.75) is 49.3 Å². The second-order valence-corrected chi connectivity index (χ2v) is 14.7. The average Bonchev–Trinajstić information content (AvgIpc) is 3.28. The van der Waals surface area contributed by atoms with E-state index in [1.54, 1.807) is 24.3 Å². The number of urea groups is 2. The summed E-state index contributed by atoms with van der Waals surface area (Å²) in [6.07, 6.45) is 7.65. The van der Waals surface area contributed by atoms with Gasteiger partial charge in [-0.3, -0.25) is 0 Å². The Morgan fingerprint density at radius 1 is 0.583 bits per heavy atom. The third kappa shape index (κ3) is 18.4. The molecule has 0 atom stereocenters. The zero-order valence-electron chi connectivity index (χ0n) is 33.8. The lowest BCUT2D eigenvalue weighted by Gasteiger charge is -2.23. The Morgan fingerprint density at radius 2 is 1.07 bits per heavy atom. The fourth-order valence-corrected chi connectivity index (χ4v) is 6.73. The van der Waals surface area contributed by atoms with Gasteiger partial charge in [0, 0.05) is 73.5 Å². The first-order chi connectivity index (χ1) is 29.4. The number of unbranched alkanes of at least 4 members (excludes halogenated alkanes) is 3. The summed E-state index contributed by atoms with van der Waals surface area (Å²) in [7, 11) is 0. The molecule has 6 N–H and O–H groups in total. The van der Waals surface area contributed by atoms with E-state index in [1.165, 1.54) is 0 Å². The van der Waals surface area contributed by atoms with Crippen molar-refractivity contribution in [3.8, 4) is 0 Å². The van der Waals surface area contributed by atoms with Crippen molar-refractivity contribution in [2.24, 2.45) is 10.2 Å². The van der Waals surface area contributed by atoms with E-state index >= 15 is 0 Å². The van der Waals surface area contributed by atoms with E-state index in [0.29, 0.717) is 55.5 Å². The molecule has 4 aromatic rings. The highest BCUT2D eigenvalue weighted by Crippen LogP contribution is 2.27. The molecule has 322 valence electrons. The summed E-state index contributed by atoms with van der Waals surface area (Å²) in [5, 5.41) is 44.3. The molecule has 0 radical (unpaired) electrons. The molecule has 4 rings (SSSR count). The molecule has 18 heteroatoms. The fraction of sp³-hybridized carbons (Fsp3) is 0.333. The lowest BCUT2D eigenvalue weighted by molar-refractivity contribution is -0.432. The van der Waals surface area contributed by atoms with Crippen LogP contribution < -0.4 is 31.1 Å². The zero-order valence-corrected chi connectivity index (χ0v) is 35.5. The van der Waals surface area contributed by atoms with Gasteiger partial charge in [0.05, 0.1) is 35.5 Å². The van der Waals surface area contributed by atoms with Gasteiger partial charge in [-0.1, -0.05) is 65.4 Å². The number of carbonyl (C=O) groups is 2. The highest BCUT2D eigenvalue weighted by atomic mass is 32.2. The predicted molar refractivity (Wildman–Crippen MR) is 237 cm³/mol. The van der Waals surface area contributed by atoms with E-state index in [4.69, 9.17) is 10.5 Å². The number of hydrogen-bond donors (Lipinski definition) is 6. The van der Waals surface area contributed by atoms with Crippen molar-refractivity contribution in [2.75, 3.05) is 62.2 Å². The van der Waals surface area contributed by atoms with Gasteiger partial charge in [-0.05, 0) is 105 Å². The van der Waals surface area contributed by atoms with Crippen LogP contribution in [0.3, 0.4) is 0 Å². The third-order valence-electron chi connectivity index (χ3n) is 8.99. The standard InChI is InChI=1S/C42H54N8O8S2/c1-3-49(37-21-17-33(18-22-37)15-16-34-11-9-13-39(31-34)59-57-55-53)29-27-45-41(51)43-25-7-5-6-8-26-44-42(52)46-28-30-50(4-2)38-23-19-35(20-24-38)47-48-36-12-10-14-40(32-36)60-58-56-54/h9-24,31-32,53-54H,3-8,25-30H2,1-2H3,(H2,43,45,51)(H2,44,46,52)/b16-15+,48-47?. The number of rotatable bonds is 27. The van der Waals surface area contributed by atoms with Gasteiger partial charge in [-0.15, -0.1) is 8.67 Å². The van der Waals surface area contributed by atoms with E-state index < -0.39 is 0 Å². The molecule has 0 saturated heterocycles. The van der Waals surface area contributed by atoms with Crippen molar-refractivity contribution < 1.29 is 38.8 Å². The Morgan fingerprint density at radius 3 is 1.62 bits per heavy atom. The van der Waals surface area contributed by atoms with E-state index in [2.05, 4.69) is 98.2 Å². The number of nitrogens with one attached hydrogen (secondary N) is 4. The largest absolute Gasteiger partial charge is 0.370 e. The molecule has 4 amide bonds. The Kier molecular flexibility index (Phi) is 22.4. The first kappa shape index (κ1) is 47.5. The third-order valence-corrected chi connectivity index (χ3v) is 10.1. The monoisotopic (exact) mass is 862 g/mol. The molecular formula is C42H54N8O8S2. The second kappa shape index (κ2) is 28.3. The predicted octanol–water partition coefficient (Wildman–Crippen LogP) is 9.64. The molecule has 0 heterocycles. The molecule has 0 aliphatic heterocycles. The quantitative estimate of drug-likeness (QED) is 0.00833. The van der Waals surface area contributed by atoms with Crippen LogP contribution in [-0.2, 0) is 18.7 Å². The number of benzene rings is 4. The molecule has 0 aliphatic carbocycles. The molecule has 0 aliphatic rings. The van der Waals surface area contributed by atoms with Crippen LogP contribution in [0.2, 0.25) is 0 Å². The van der Waals surface area contributed by atoms with Crippen molar-refractivity contribution >= 4 is 71.0 Å². The fourth-order valence-electron chi connectivity index (χ4n) is 5.89. The van der Waals surface area contributed by atoms with Gasteiger partial charge < -0.3 is 31.1 Å². The topological polar surface area (TPSA) is 191 Å². The SMILES string of the molecule is CCN(CCNC(=O)NCCCCCCNC(=O)NCCN(CC)c1ccc(N=Nc2cccc(SOOO)c2)cc1)c1ccc(/C=C/c2cccc(SOOO)c2)cc1. The van der Waals surface area contributed by atoms with Gasteiger partial charge >= 0.3 is 12.1 Å². The first-order valence-electron chi connectivity index (χ1n) is 19.7. The van der Waals surface area contributed by atoms with Crippen LogP contribution in [0.5, 0.6) is 0 Å². The molecule has 0 fully saturated rings. The summed E-state index contributed by atoms with van der Waals surface area (Å²) in [6, 6.07) is 30.4. The Balaban J connectivity index is 1.01. The van der Waals surface area contributed by atoms with E-state index in [0.717, 1.165) is 90.3 Å². The molecule has 0 saturated carbocycles. The Labute approximate surface area is 359 Å². The smallest absolute Gasteiger partial charge is 0.314 e. The van der Waals surface area contributed by atoms with Crippen molar-refractivity contribution in [3.63, 3.8) is 0 Å². The maximum atomic E-state index is 12.4. The van der Waals surface area contributed by atoms with E-state index in [9.17, 15) is 9.59 Å². The molecule has 16 nitrogen and oxygen atoms in total. The molecular weight excluding hydrogens is 809 g/mol. The Hall–Kier alpha value is -5.18. The van der Waals surface area contributed by atoms with Crippen LogP contribution in [0.4, 0.5) is 32.3 Å². The number of likely N-dealkylation sites (N-methyl/N-ethyl adjacent to an activating group) is 2. The van der Waals surface area contributed by atoms with E-state index in [1.807, 2.05) is 60.7 Å². The second-order valence-electron chi connectivity index (χ2n) is 13.1. The van der Waals surface area contributed by atoms with Gasteiger partial charge in [0.15, 0.2) is 0 Å². The lowest BCUT2D eigenvalue weighted by atomic mass is 10.1. The minimum atomic E-state index is -0.189. The summed E-state index contributed by atoms with van der Waals surface area (Å²) in [4.78, 5) is 30.6. The van der Waals surface area contributed by atoms with E-state index in [-0.39, 0.29) is 12.1 Å². The molecule has 4 aromatic carbocycles. The van der Waals surface area contributed by atoms with Crippen molar-refractivity contribution in [1.82, 2.24) is 21.3 Å². The van der Waals surface area contributed by atoms with Gasteiger partial charge in [0.2, 0.25) is 0 Å². The number of azo groups is 1. The van der Waals surface area contributed by atoms with Crippen LogP contribution >= 0.6 is 24.1 Å². The van der Waals surface area contributed by atoms with Crippen LogP contribution in [0, 0.1) is 0 Å².